The highest BCUT2D eigenvalue weighted by molar-refractivity contribution is 8.14. The van der Waals surface area contributed by atoms with Crippen LogP contribution in [0.5, 0.6) is 5.75 Å². The first-order valence-electron chi connectivity index (χ1n) is 8.01. The van der Waals surface area contributed by atoms with Crippen LogP contribution in [-0.4, -0.2) is 29.5 Å². The van der Waals surface area contributed by atoms with Crippen molar-refractivity contribution in [3.63, 3.8) is 0 Å². The normalized spacial score (nSPS) is 16.4. The molecular formula is C19H19ClN2O2S. The molecule has 1 aliphatic heterocycles. The minimum absolute atomic E-state index is 0.0555. The Hall–Kier alpha value is -1.98. The van der Waals surface area contributed by atoms with Crippen molar-refractivity contribution in [1.29, 1.82) is 0 Å². The number of hydrogen-bond donors (Lipinski definition) is 0. The molecule has 0 saturated heterocycles. The second-order valence-corrected chi connectivity index (χ2v) is 7.31. The van der Waals surface area contributed by atoms with Crippen molar-refractivity contribution < 1.29 is 9.53 Å². The summed E-state index contributed by atoms with van der Waals surface area (Å²) >= 11 is 7.55. The molecule has 0 radical (unpaired) electrons. The Bertz CT molecular complexity index is 792. The van der Waals surface area contributed by atoms with E-state index < -0.39 is 0 Å². The molecule has 1 atom stereocenters. The maximum absolute atomic E-state index is 12.9. The van der Waals surface area contributed by atoms with Gasteiger partial charge in [0.25, 0.3) is 5.91 Å². The molecule has 0 spiro atoms. The fourth-order valence-electron chi connectivity index (χ4n) is 2.45. The van der Waals surface area contributed by atoms with Gasteiger partial charge in [0, 0.05) is 10.8 Å². The lowest BCUT2D eigenvalue weighted by molar-refractivity contribution is -0.119. The molecule has 1 aliphatic rings. The van der Waals surface area contributed by atoms with Gasteiger partial charge < -0.3 is 4.74 Å². The molecule has 4 nitrogen and oxygen atoms in total. The molecule has 6 heteroatoms. The van der Waals surface area contributed by atoms with Gasteiger partial charge in [-0.3, -0.25) is 14.7 Å². The Kier molecular flexibility index (Phi) is 5.66. The van der Waals surface area contributed by atoms with E-state index in [2.05, 4.69) is 4.99 Å². The Morgan fingerprint density at radius 1 is 1.32 bits per heavy atom. The average Bonchev–Trinajstić information content (AvgIpc) is 3.01. The molecule has 1 heterocycles. The van der Waals surface area contributed by atoms with Gasteiger partial charge in [-0.1, -0.05) is 35.5 Å². The zero-order chi connectivity index (χ0) is 17.8. The molecule has 2 aromatic rings. The molecule has 25 heavy (non-hydrogen) atoms. The van der Waals surface area contributed by atoms with Gasteiger partial charge in [-0.25, -0.2) is 0 Å². The molecule has 130 valence electrons. The van der Waals surface area contributed by atoms with Gasteiger partial charge in [0.2, 0.25) is 0 Å². The molecular weight excluding hydrogens is 356 g/mol. The van der Waals surface area contributed by atoms with Crippen LogP contribution in [0.15, 0.2) is 53.5 Å². The van der Waals surface area contributed by atoms with Gasteiger partial charge in [0.05, 0.1) is 11.7 Å². The van der Waals surface area contributed by atoms with Gasteiger partial charge >= 0.3 is 0 Å². The van der Waals surface area contributed by atoms with E-state index in [0.29, 0.717) is 15.9 Å². The van der Waals surface area contributed by atoms with Gasteiger partial charge in [-0.2, -0.15) is 0 Å². The zero-order valence-electron chi connectivity index (χ0n) is 14.1. The van der Waals surface area contributed by atoms with Crippen LogP contribution in [0.25, 0.3) is 0 Å². The van der Waals surface area contributed by atoms with Gasteiger partial charge in [-0.15, -0.1) is 0 Å². The summed E-state index contributed by atoms with van der Waals surface area (Å²) in [6.45, 7) is 3.97. The standard InChI is InChI=1S/C19H19ClN2O2S/c1-13-4-3-5-17(10-13)24-11-18(23)22(19-21-14(2)12-25-19)16-8-6-15(20)7-9-16/h3-10,14H,11-12H2,1-2H3/t14-/m1/s1. The zero-order valence-corrected chi connectivity index (χ0v) is 15.7. The predicted octanol–water partition coefficient (Wildman–Crippen LogP) is 4.55. The van der Waals surface area contributed by atoms with E-state index in [-0.39, 0.29) is 18.6 Å². The maximum atomic E-state index is 12.9. The summed E-state index contributed by atoms with van der Waals surface area (Å²) in [4.78, 5) is 19.0. The minimum atomic E-state index is -0.163. The number of amidine groups is 1. The summed E-state index contributed by atoms with van der Waals surface area (Å²) < 4.78 is 5.68. The Morgan fingerprint density at radius 3 is 2.72 bits per heavy atom. The molecule has 0 aromatic heterocycles. The number of anilines is 1. The summed E-state index contributed by atoms with van der Waals surface area (Å²) in [5, 5.41) is 1.33. The lowest BCUT2D eigenvalue weighted by atomic mass is 10.2. The Labute approximate surface area is 156 Å². The largest absolute Gasteiger partial charge is 0.484 e. The lowest BCUT2D eigenvalue weighted by Crippen LogP contribution is -2.38. The predicted molar refractivity (Wildman–Crippen MR) is 105 cm³/mol. The highest BCUT2D eigenvalue weighted by atomic mass is 35.5. The number of thioether (sulfide) groups is 1. The van der Waals surface area contributed by atoms with Gasteiger partial charge in [0.1, 0.15) is 5.75 Å². The molecule has 2 aromatic carbocycles. The third-order valence-corrected chi connectivity index (χ3v) is 5.11. The van der Waals surface area contributed by atoms with Crippen molar-refractivity contribution in [2.75, 3.05) is 17.3 Å². The Morgan fingerprint density at radius 2 is 2.08 bits per heavy atom. The summed E-state index contributed by atoms with van der Waals surface area (Å²) in [5.74, 6) is 1.38. The fraction of sp³-hybridized carbons (Fsp3) is 0.263. The molecule has 0 fully saturated rings. The number of ether oxygens (including phenoxy) is 1. The van der Waals surface area contributed by atoms with E-state index >= 15 is 0 Å². The fourth-order valence-corrected chi connectivity index (χ4v) is 3.63. The van der Waals surface area contributed by atoms with Gasteiger partial charge in [0.15, 0.2) is 11.8 Å². The monoisotopic (exact) mass is 374 g/mol. The molecule has 0 unspecified atom stereocenters. The van der Waals surface area contributed by atoms with Crippen molar-refractivity contribution >= 4 is 40.1 Å². The summed E-state index contributed by atoms with van der Waals surface area (Å²) in [7, 11) is 0. The number of hydrogen-bond acceptors (Lipinski definition) is 4. The number of rotatable bonds is 4. The third-order valence-electron chi connectivity index (χ3n) is 3.66. The van der Waals surface area contributed by atoms with Crippen LogP contribution in [0, 0.1) is 6.92 Å². The van der Waals surface area contributed by atoms with E-state index in [1.165, 1.54) is 0 Å². The number of carbonyl (C=O) groups is 1. The minimum Gasteiger partial charge on any atom is -0.484 e. The van der Waals surface area contributed by atoms with E-state index in [4.69, 9.17) is 16.3 Å². The van der Waals surface area contributed by atoms with Crippen LogP contribution in [0.1, 0.15) is 12.5 Å². The van der Waals surface area contributed by atoms with E-state index in [1.807, 2.05) is 50.2 Å². The Balaban J connectivity index is 1.80. The summed E-state index contributed by atoms with van der Waals surface area (Å²) in [6, 6.07) is 15.0. The third kappa shape index (κ3) is 4.55. The van der Waals surface area contributed by atoms with E-state index in [1.54, 1.807) is 28.8 Å². The lowest BCUT2D eigenvalue weighted by Gasteiger charge is -2.22. The number of amides is 1. The van der Waals surface area contributed by atoms with Crippen molar-refractivity contribution in [3.05, 3.63) is 59.1 Å². The van der Waals surface area contributed by atoms with Gasteiger partial charge in [-0.05, 0) is 55.8 Å². The second-order valence-electron chi connectivity index (χ2n) is 5.88. The van der Waals surface area contributed by atoms with E-state index in [9.17, 15) is 4.79 Å². The first kappa shape index (κ1) is 17.8. The first-order chi connectivity index (χ1) is 12.0. The molecule has 1 amide bonds. The van der Waals surface area contributed by atoms with Crippen LogP contribution >= 0.6 is 23.4 Å². The van der Waals surface area contributed by atoms with Crippen molar-refractivity contribution in [3.8, 4) is 5.75 Å². The number of aliphatic imine (C=N–C) groups is 1. The van der Waals surface area contributed by atoms with Crippen LogP contribution in [-0.2, 0) is 4.79 Å². The molecule has 0 N–H and O–H groups in total. The SMILES string of the molecule is Cc1cccc(OCC(=O)N(C2=N[C@H](C)CS2)c2ccc(Cl)cc2)c1. The average molecular weight is 375 g/mol. The first-order valence-corrected chi connectivity index (χ1v) is 9.38. The molecule has 3 rings (SSSR count). The molecule has 0 bridgehead atoms. The smallest absolute Gasteiger partial charge is 0.271 e. The number of nitrogens with zero attached hydrogens (tertiary/aromatic N) is 2. The maximum Gasteiger partial charge on any atom is 0.271 e. The van der Waals surface area contributed by atoms with Crippen molar-refractivity contribution in [1.82, 2.24) is 0 Å². The summed E-state index contributed by atoms with van der Waals surface area (Å²) in [6.07, 6.45) is 0. The topological polar surface area (TPSA) is 41.9 Å². The quantitative estimate of drug-likeness (QED) is 0.788. The molecule has 0 aliphatic carbocycles. The van der Waals surface area contributed by atoms with Crippen molar-refractivity contribution in [2.45, 2.75) is 19.9 Å². The number of halogens is 1. The van der Waals surface area contributed by atoms with Crippen LogP contribution < -0.4 is 9.64 Å². The number of carbonyl (C=O) groups excluding carboxylic acids is 1. The van der Waals surface area contributed by atoms with Crippen LogP contribution in [0.3, 0.4) is 0 Å². The summed E-state index contributed by atoms with van der Waals surface area (Å²) in [5.41, 5.74) is 1.83. The second kappa shape index (κ2) is 7.93. The van der Waals surface area contributed by atoms with Crippen LogP contribution in [0.2, 0.25) is 5.02 Å². The highest BCUT2D eigenvalue weighted by Crippen LogP contribution is 2.27. The van der Waals surface area contributed by atoms with Crippen molar-refractivity contribution in [2.24, 2.45) is 4.99 Å². The number of benzene rings is 2. The number of aryl methyl sites for hydroxylation is 1. The van der Waals surface area contributed by atoms with Crippen LogP contribution in [0.4, 0.5) is 5.69 Å². The van der Waals surface area contributed by atoms with E-state index in [0.717, 1.165) is 17.0 Å². The molecule has 0 saturated carbocycles. The highest BCUT2D eigenvalue weighted by Gasteiger charge is 2.27.